The van der Waals surface area contributed by atoms with Gasteiger partial charge in [-0.2, -0.15) is 0 Å². The summed E-state index contributed by atoms with van der Waals surface area (Å²) in [6, 6.07) is 3.30. The smallest absolute Gasteiger partial charge is 0.345 e. The Labute approximate surface area is 170 Å². The number of carboxylic acid groups (broad SMARTS) is 1. The molecule has 1 unspecified atom stereocenters. The molecule has 5 nitrogen and oxygen atoms in total. The average molecular weight is 402 g/mol. The summed E-state index contributed by atoms with van der Waals surface area (Å²) < 4.78 is 0. The van der Waals surface area contributed by atoms with Crippen molar-refractivity contribution in [3.05, 3.63) is 40.1 Å². The van der Waals surface area contributed by atoms with Crippen LogP contribution in [0.5, 0.6) is 0 Å². The minimum atomic E-state index is -0.932. The van der Waals surface area contributed by atoms with E-state index in [2.05, 4.69) is 11.8 Å². The molecule has 1 fully saturated rings. The molecule has 3 atom stereocenters. The van der Waals surface area contributed by atoms with Crippen molar-refractivity contribution in [2.75, 3.05) is 6.54 Å². The molecule has 150 valence electrons. The van der Waals surface area contributed by atoms with Gasteiger partial charge < -0.3 is 15.1 Å². The lowest BCUT2D eigenvalue weighted by molar-refractivity contribution is -0.127. The van der Waals surface area contributed by atoms with Gasteiger partial charge in [0.2, 0.25) is 5.91 Å². The Bertz CT molecular complexity index is 799. The number of likely N-dealkylation sites (tertiary alicyclic amines) is 1. The molecule has 1 aromatic heterocycles. The molecule has 0 spiro atoms. The zero-order valence-corrected chi connectivity index (χ0v) is 17.1. The lowest BCUT2D eigenvalue weighted by Gasteiger charge is -2.21. The summed E-state index contributed by atoms with van der Waals surface area (Å²) in [4.78, 5) is 26.0. The summed E-state index contributed by atoms with van der Waals surface area (Å²) in [6.45, 7) is 4.42. The Morgan fingerprint density at radius 1 is 1.43 bits per heavy atom. The highest BCUT2D eigenvalue weighted by molar-refractivity contribution is 7.14. The third-order valence-corrected chi connectivity index (χ3v) is 5.67. The van der Waals surface area contributed by atoms with Crippen molar-refractivity contribution in [3.8, 4) is 11.8 Å². The first-order valence-corrected chi connectivity index (χ1v) is 10.3. The SMILES string of the molecule is CCC#CCC(C)[C@H](O)/C=C/[C@H]1CCC(=O)N1C/C=C\c1ccc(C(=O)O)s1. The quantitative estimate of drug-likeness (QED) is 0.513. The van der Waals surface area contributed by atoms with Gasteiger partial charge in [0.1, 0.15) is 4.88 Å². The van der Waals surface area contributed by atoms with Gasteiger partial charge in [0.25, 0.3) is 0 Å². The van der Waals surface area contributed by atoms with E-state index < -0.39 is 12.1 Å². The fraction of sp³-hybridized carbons (Fsp3) is 0.455. The fourth-order valence-electron chi connectivity index (χ4n) is 2.94. The van der Waals surface area contributed by atoms with Crippen molar-refractivity contribution in [1.29, 1.82) is 0 Å². The van der Waals surface area contributed by atoms with E-state index in [1.165, 1.54) is 11.3 Å². The fourth-order valence-corrected chi connectivity index (χ4v) is 3.72. The molecular formula is C22H27NO4S. The van der Waals surface area contributed by atoms with Crippen molar-refractivity contribution >= 4 is 29.3 Å². The lowest BCUT2D eigenvalue weighted by atomic mass is 10.00. The van der Waals surface area contributed by atoms with Crippen LogP contribution in [0.15, 0.2) is 30.4 Å². The van der Waals surface area contributed by atoms with Gasteiger partial charge in [-0.25, -0.2) is 4.79 Å². The van der Waals surface area contributed by atoms with Gasteiger partial charge in [0, 0.05) is 30.7 Å². The molecule has 1 amide bonds. The molecule has 0 bridgehead atoms. The number of hydrogen-bond acceptors (Lipinski definition) is 4. The lowest BCUT2D eigenvalue weighted by Crippen LogP contribution is -2.32. The maximum Gasteiger partial charge on any atom is 0.345 e. The zero-order chi connectivity index (χ0) is 20.5. The number of amides is 1. The van der Waals surface area contributed by atoms with Crippen molar-refractivity contribution in [3.63, 3.8) is 0 Å². The second-order valence-electron chi connectivity index (χ2n) is 6.83. The summed E-state index contributed by atoms with van der Waals surface area (Å²) in [5.41, 5.74) is 0. The monoisotopic (exact) mass is 401 g/mol. The largest absolute Gasteiger partial charge is 0.477 e. The van der Waals surface area contributed by atoms with Gasteiger partial charge in [-0.05, 0) is 30.5 Å². The number of carboxylic acids is 1. The first-order valence-electron chi connectivity index (χ1n) is 9.53. The molecule has 0 aliphatic carbocycles. The number of aliphatic hydroxyl groups is 1. The van der Waals surface area contributed by atoms with Gasteiger partial charge in [0.15, 0.2) is 0 Å². The third kappa shape index (κ3) is 6.36. The van der Waals surface area contributed by atoms with Gasteiger partial charge in [0.05, 0.1) is 12.1 Å². The Morgan fingerprint density at radius 2 is 2.21 bits per heavy atom. The highest BCUT2D eigenvalue weighted by Gasteiger charge is 2.28. The first kappa shape index (κ1) is 21.9. The van der Waals surface area contributed by atoms with E-state index in [9.17, 15) is 14.7 Å². The second kappa shape index (κ2) is 10.8. The number of nitrogens with zero attached hydrogens (tertiary/aromatic N) is 1. The zero-order valence-electron chi connectivity index (χ0n) is 16.3. The topological polar surface area (TPSA) is 77.8 Å². The van der Waals surface area contributed by atoms with Crippen molar-refractivity contribution in [2.45, 2.75) is 51.7 Å². The van der Waals surface area contributed by atoms with E-state index in [0.717, 1.165) is 17.7 Å². The predicted octanol–water partition coefficient (Wildman–Crippen LogP) is 3.81. The van der Waals surface area contributed by atoms with Gasteiger partial charge in [-0.1, -0.05) is 32.1 Å². The highest BCUT2D eigenvalue weighted by Crippen LogP contribution is 2.22. The van der Waals surface area contributed by atoms with Crippen LogP contribution in [-0.2, 0) is 4.79 Å². The Morgan fingerprint density at radius 3 is 2.89 bits per heavy atom. The molecule has 2 rings (SSSR count). The number of rotatable bonds is 8. The Hall–Kier alpha value is -2.36. The van der Waals surface area contributed by atoms with E-state index in [1.54, 1.807) is 23.1 Å². The van der Waals surface area contributed by atoms with Crippen molar-refractivity contribution in [1.82, 2.24) is 4.90 Å². The maximum atomic E-state index is 12.2. The van der Waals surface area contributed by atoms with E-state index >= 15 is 0 Å². The summed E-state index contributed by atoms with van der Waals surface area (Å²) in [5.74, 6) is 5.27. The van der Waals surface area contributed by atoms with Gasteiger partial charge >= 0.3 is 5.97 Å². The minimum Gasteiger partial charge on any atom is -0.477 e. The number of thiophene rings is 1. The molecular weight excluding hydrogens is 374 g/mol. The molecule has 0 radical (unpaired) electrons. The van der Waals surface area contributed by atoms with E-state index in [1.807, 2.05) is 32.1 Å². The van der Waals surface area contributed by atoms with Crippen LogP contribution in [0.4, 0.5) is 0 Å². The molecule has 2 heterocycles. The van der Waals surface area contributed by atoms with Crippen LogP contribution < -0.4 is 0 Å². The average Bonchev–Trinajstić information content (AvgIpc) is 3.27. The molecule has 0 aromatic carbocycles. The third-order valence-electron chi connectivity index (χ3n) is 4.64. The number of aromatic carboxylic acids is 1. The predicted molar refractivity (Wildman–Crippen MR) is 112 cm³/mol. The number of hydrogen-bond donors (Lipinski definition) is 2. The Balaban J connectivity index is 1.92. The van der Waals surface area contributed by atoms with Crippen LogP contribution in [0.1, 0.15) is 54.1 Å². The van der Waals surface area contributed by atoms with E-state index in [0.29, 0.717) is 24.3 Å². The van der Waals surface area contributed by atoms with Gasteiger partial charge in [-0.3, -0.25) is 4.79 Å². The molecule has 0 saturated carbocycles. The van der Waals surface area contributed by atoms with Crippen LogP contribution >= 0.6 is 11.3 Å². The molecule has 1 aromatic rings. The first-order chi connectivity index (χ1) is 13.4. The van der Waals surface area contributed by atoms with Crippen molar-refractivity contribution < 1.29 is 19.8 Å². The Kier molecular flexibility index (Phi) is 8.49. The van der Waals surface area contributed by atoms with E-state index in [-0.39, 0.29) is 17.9 Å². The molecule has 28 heavy (non-hydrogen) atoms. The number of carbonyl (C=O) groups excluding carboxylic acids is 1. The molecule has 1 aliphatic heterocycles. The van der Waals surface area contributed by atoms with Crippen LogP contribution in [0, 0.1) is 17.8 Å². The molecule has 1 aliphatic rings. The summed E-state index contributed by atoms with van der Waals surface area (Å²) in [6.07, 6.45) is 9.52. The molecule has 6 heteroatoms. The molecule has 1 saturated heterocycles. The van der Waals surface area contributed by atoms with Crippen LogP contribution in [0.3, 0.4) is 0 Å². The van der Waals surface area contributed by atoms with Crippen LogP contribution in [0.2, 0.25) is 0 Å². The van der Waals surface area contributed by atoms with Crippen LogP contribution in [0.25, 0.3) is 6.08 Å². The summed E-state index contributed by atoms with van der Waals surface area (Å²) in [5, 5.41) is 19.2. The minimum absolute atomic E-state index is 0.0290. The highest BCUT2D eigenvalue weighted by atomic mass is 32.1. The summed E-state index contributed by atoms with van der Waals surface area (Å²) in [7, 11) is 0. The standard InChI is InChI=1S/C22H27NO4S/c1-3-4-5-7-16(2)19(24)12-9-17-10-14-21(25)23(17)15-6-8-18-11-13-20(28-18)22(26)27/h6,8-9,11-13,16-17,19,24H,3,7,10,14-15H2,1-2H3,(H,26,27)/b8-6-,12-9+/t16?,17-,19+/m0/s1. The number of carbonyl (C=O) groups is 2. The van der Waals surface area contributed by atoms with Crippen LogP contribution in [-0.4, -0.2) is 45.7 Å². The maximum absolute atomic E-state index is 12.2. The van der Waals surface area contributed by atoms with Crippen molar-refractivity contribution in [2.24, 2.45) is 5.92 Å². The second-order valence-corrected chi connectivity index (χ2v) is 7.94. The number of aliphatic hydroxyl groups excluding tert-OH is 1. The van der Waals surface area contributed by atoms with E-state index in [4.69, 9.17) is 5.11 Å². The summed E-state index contributed by atoms with van der Waals surface area (Å²) >= 11 is 1.20. The normalized spacial score (nSPS) is 19.2. The molecule has 2 N–H and O–H groups in total. The van der Waals surface area contributed by atoms with Gasteiger partial charge in [-0.15, -0.1) is 23.2 Å².